The lowest BCUT2D eigenvalue weighted by Gasteiger charge is -2.05. The molecule has 0 heterocycles. The minimum atomic E-state index is -4.20. The highest BCUT2D eigenvalue weighted by atomic mass is 32.2. The van der Waals surface area contributed by atoms with Gasteiger partial charge in [0, 0.05) is 11.4 Å². The van der Waals surface area contributed by atoms with Crippen LogP contribution >= 0.6 is 0 Å². The molecule has 0 aliphatic heterocycles. The predicted octanol–water partition coefficient (Wildman–Crippen LogP) is 5.09. The molecule has 0 saturated carbocycles. The molecule has 2 N–H and O–H groups in total. The summed E-state index contributed by atoms with van der Waals surface area (Å²) in [6, 6.07) is 22.7. The predicted molar refractivity (Wildman–Crippen MR) is 96.6 cm³/mol. The first-order valence-corrected chi connectivity index (χ1v) is 8.86. The van der Waals surface area contributed by atoms with E-state index in [9.17, 15) is 8.42 Å². The van der Waals surface area contributed by atoms with Gasteiger partial charge in [0.15, 0.2) is 0 Å². The second-order valence-corrected chi connectivity index (χ2v) is 6.63. The summed E-state index contributed by atoms with van der Waals surface area (Å²) >= 11 is 0. The van der Waals surface area contributed by atoms with Gasteiger partial charge in [-0.25, -0.2) is 0 Å². The molecule has 7 heteroatoms. The van der Waals surface area contributed by atoms with Crippen molar-refractivity contribution in [1.29, 1.82) is 0 Å². The molecule has 0 radical (unpaired) electrons. The third-order valence-electron chi connectivity index (χ3n) is 3.35. The number of anilines is 2. The van der Waals surface area contributed by atoms with Crippen LogP contribution in [0, 0.1) is 0 Å². The van der Waals surface area contributed by atoms with E-state index in [4.69, 9.17) is 4.55 Å². The largest absolute Gasteiger partial charge is 0.356 e. The maximum Gasteiger partial charge on any atom is 0.294 e. The van der Waals surface area contributed by atoms with Crippen LogP contribution in [0.4, 0.5) is 22.7 Å². The number of hydrogen-bond donors (Lipinski definition) is 2. The Bertz CT molecular complexity index is 968. The Labute approximate surface area is 145 Å². The topological polar surface area (TPSA) is 91.1 Å². The van der Waals surface area contributed by atoms with Crippen LogP contribution in [0.15, 0.2) is 94.0 Å². The molecule has 3 aromatic rings. The fraction of sp³-hybridized carbons (Fsp3) is 0. The van der Waals surface area contributed by atoms with E-state index in [2.05, 4.69) is 15.5 Å². The quantitative estimate of drug-likeness (QED) is 0.493. The molecule has 0 bridgehead atoms. The smallest absolute Gasteiger partial charge is 0.294 e. The van der Waals surface area contributed by atoms with E-state index < -0.39 is 10.1 Å². The SMILES string of the molecule is O=S(=O)(O)c1ccc(/N=N/c2ccc(Nc3ccccc3)cc2)cc1. The van der Waals surface area contributed by atoms with E-state index in [1.54, 1.807) is 0 Å². The van der Waals surface area contributed by atoms with E-state index >= 15 is 0 Å². The van der Waals surface area contributed by atoms with Gasteiger partial charge < -0.3 is 5.32 Å². The van der Waals surface area contributed by atoms with Gasteiger partial charge in [-0.1, -0.05) is 18.2 Å². The molecule has 126 valence electrons. The molecule has 3 rings (SSSR count). The molecular weight excluding hydrogens is 338 g/mol. The maximum absolute atomic E-state index is 11.0. The Morgan fingerprint density at radius 3 is 1.68 bits per heavy atom. The lowest BCUT2D eigenvalue weighted by molar-refractivity contribution is 0.483. The van der Waals surface area contributed by atoms with Crippen molar-refractivity contribution in [3.8, 4) is 0 Å². The highest BCUT2D eigenvalue weighted by Crippen LogP contribution is 2.23. The summed E-state index contributed by atoms with van der Waals surface area (Å²) < 4.78 is 30.9. The third-order valence-corrected chi connectivity index (χ3v) is 4.21. The van der Waals surface area contributed by atoms with Gasteiger partial charge in [-0.15, -0.1) is 0 Å². The van der Waals surface area contributed by atoms with E-state index in [1.165, 1.54) is 24.3 Å². The molecule has 0 aliphatic rings. The highest BCUT2D eigenvalue weighted by Gasteiger charge is 2.07. The van der Waals surface area contributed by atoms with E-state index in [0.717, 1.165) is 11.4 Å². The molecule has 0 aliphatic carbocycles. The van der Waals surface area contributed by atoms with Crippen LogP contribution in [0.3, 0.4) is 0 Å². The van der Waals surface area contributed by atoms with Crippen LogP contribution in [0.1, 0.15) is 0 Å². The Balaban J connectivity index is 1.67. The van der Waals surface area contributed by atoms with Crippen LogP contribution in [0.25, 0.3) is 0 Å². The van der Waals surface area contributed by atoms with Crippen LogP contribution in [0.5, 0.6) is 0 Å². The van der Waals surface area contributed by atoms with Crippen molar-refractivity contribution in [2.75, 3.05) is 5.32 Å². The zero-order valence-electron chi connectivity index (χ0n) is 13.1. The van der Waals surface area contributed by atoms with Crippen LogP contribution in [-0.4, -0.2) is 13.0 Å². The van der Waals surface area contributed by atoms with Gasteiger partial charge in [0.05, 0.1) is 16.3 Å². The van der Waals surface area contributed by atoms with Crippen molar-refractivity contribution in [1.82, 2.24) is 0 Å². The molecule has 3 aromatic carbocycles. The molecule has 0 saturated heterocycles. The van der Waals surface area contributed by atoms with Crippen molar-refractivity contribution in [2.45, 2.75) is 4.90 Å². The summed E-state index contributed by atoms with van der Waals surface area (Å²) in [5, 5.41) is 11.4. The third kappa shape index (κ3) is 4.72. The fourth-order valence-corrected chi connectivity index (χ4v) is 2.58. The van der Waals surface area contributed by atoms with Gasteiger partial charge >= 0.3 is 0 Å². The summed E-state index contributed by atoms with van der Waals surface area (Å²) in [5.41, 5.74) is 3.08. The van der Waals surface area contributed by atoms with Gasteiger partial charge in [0.2, 0.25) is 0 Å². The highest BCUT2D eigenvalue weighted by molar-refractivity contribution is 7.85. The number of nitrogens with one attached hydrogen (secondary N) is 1. The number of azo groups is 1. The summed E-state index contributed by atoms with van der Waals surface area (Å²) in [5.74, 6) is 0. The minimum Gasteiger partial charge on any atom is -0.356 e. The van der Waals surface area contributed by atoms with Gasteiger partial charge in [-0.3, -0.25) is 4.55 Å². The van der Waals surface area contributed by atoms with Gasteiger partial charge in [0.1, 0.15) is 0 Å². The van der Waals surface area contributed by atoms with Crippen molar-refractivity contribution >= 4 is 32.9 Å². The first-order chi connectivity index (χ1) is 12.0. The van der Waals surface area contributed by atoms with Gasteiger partial charge in [0.25, 0.3) is 10.1 Å². The lowest BCUT2D eigenvalue weighted by Crippen LogP contribution is -1.96. The normalized spacial score (nSPS) is 11.6. The van der Waals surface area contributed by atoms with E-state index in [1.807, 2.05) is 54.6 Å². The molecular formula is C18H15N3O3S. The monoisotopic (exact) mass is 353 g/mol. The van der Waals surface area contributed by atoms with Gasteiger partial charge in [-0.2, -0.15) is 18.6 Å². The molecule has 0 aromatic heterocycles. The van der Waals surface area contributed by atoms with Crippen LogP contribution in [-0.2, 0) is 10.1 Å². The molecule has 0 fully saturated rings. The summed E-state index contributed by atoms with van der Waals surface area (Å²) in [4.78, 5) is -0.178. The van der Waals surface area contributed by atoms with Crippen molar-refractivity contribution in [3.05, 3.63) is 78.9 Å². The second-order valence-electron chi connectivity index (χ2n) is 5.21. The molecule has 0 atom stereocenters. The molecule has 25 heavy (non-hydrogen) atoms. The molecule has 6 nitrogen and oxygen atoms in total. The maximum atomic E-state index is 11.0. The minimum absolute atomic E-state index is 0.178. The summed E-state index contributed by atoms with van der Waals surface area (Å²) in [6.07, 6.45) is 0. The zero-order chi connectivity index (χ0) is 17.7. The van der Waals surface area contributed by atoms with Crippen molar-refractivity contribution < 1.29 is 13.0 Å². The van der Waals surface area contributed by atoms with Crippen molar-refractivity contribution in [2.24, 2.45) is 10.2 Å². The van der Waals surface area contributed by atoms with Crippen LogP contribution < -0.4 is 5.32 Å². The molecule has 0 amide bonds. The lowest BCUT2D eigenvalue weighted by atomic mass is 10.2. The summed E-state index contributed by atoms with van der Waals surface area (Å²) in [7, 11) is -4.20. The zero-order valence-corrected chi connectivity index (χ0v) is 13.9. The Kier molecular flexibility index (Phi) is 4.87. The number of nitrogens with zero attached hydrogens (tertiary/aromatic N) is 2. The summed E-state index contributed by atoms with van der Waals surface area (Å²) in [6.45, 7) is 0. The van der Waals surface area contributed by atoms with Gasteiger partial charge in [-0.05, 0) is 60.7 Å². The first kappa shape index (κ1) is 16.8. The Hall–Kier alpha value is -3.03. The fourth-order valence-electron chi connectivity index (χ4n) is 2.10. The number of hydrogen-bond acceptors (Lipinski definition) is 5. The van der Waals surface area contributed by atoms with Crippen molar-refractivity contribution in [3.63, 3.8) is 0 Å². The van der Waals surface area contributed by atoms with Crippen LogP contribution in [0.2, 0.25) is 0 Å². The molecule has 0 spiro atoms. The molecule has 0 unspecified atom stereocenters. The number of benzene rings is 3. The Morgan fingerprint density at radius 1 is 0.680 bits per heavy atom. The standard InChI is InChI=1S/C18H15N3O3S/c22-25(23,24)18-12-10-17(11-13-18)21-20-16-8-6-15(7-9-16)19-14-4-2-1-3-5-14/h1-13,19H,(H,22,23,24)/b21-20+. The van der Waals surface area contributed by atoms with E-state index in [0.29, 0.717) is 11.4 Å². The average Bonchev–Trinajstić information content (AvgIpc) is 2.62. The van der Waals surface area contributed by atoms with E-state index in [-0.39, 0.29) is 4.90 Å². The number of para-hydroxylation sites is 1. The number of rotatable bonds is 5. The Morgan fingerprint density at radius 2 is 1.16 bits per heavy atom. The average molecular weight is 353 g/mol. The first-order valence-electron chi connectivity index (χ1n) is 7.42. The second kappa shape index (κ2) is 7.25.